The van der Waals surface area contributed by atoms with Gasteiger partial charge in [-0.3, -0.25) is 4.98 Å². The van der Waals surface area contributed by atoms with E-state index in [9.17, 15) is 0 Å². The van der Waals surface area contributed by atoms with Crippen LogP contribution in [0.5, 0.6) is 11.5 Å². The van der Waals surface area contributed by atoms with Crippen molar-refractivity contribution in [2.24, 2.45) is 0 Å². The fourth-order valence-electron chi connectivity index (χ4n) is 2.45. The van der Waals surface area contributed by atoms with Crippen LogP contribution in [-0.4, -0.2) is 24.7 Å². The van der Waals surface area contributed by atoms with Gasteiger partial charge < -0.3 is 14.8 Å². The van der Waals surface area contributed by atoms with Gasteiger partial charge in [-0.25, -0.2) is 0 Å². The van der Waals surface area contributed by atoms with Crippen molar-refractivity contribution >= 4 is 5.69 Å². The van der Waals surface area contributed by atoms with Crippen LogP contribution in [0.25, 0.3) is 11.3 Å². The number of pyridine rings is 1. The number of hydrogen-bond donors (Lipinski definition) is 1. The fraction of sp³-hybridized carbons (Fsp3) is 0.421. The number of nitrogens with zero attached hydrogens (tertiary/aromatic N) is 1. The number of aromatic nitrogens is 1. The van der Waals surface area contributed by atoms with Gasteiger partial charge in [0.05, 0.1) is 31.3 Å². The van der Waals surface area contributed by atoms with Crippen LogP contribution in [0.3, 0.4) is 0 Å². The third-order valence-corrected chi connectivity index (χ3v) is 3.50. The first kappa shape index (κ1) is 17.1. The molecular weight excluding hydrogens is 288 g/mol. The van der Waals surface area contributed by atoms with Crippen LogP contribution in [0.4, 0.5) is 5.69 Å². The second kappa shape index (κ2) is 6.90. The molecule has 1 N–H and O–H groups in total. The van der Waals surface area contributed by atoms with Gasteiger partial charge in [0.2, 0.25) is 0 Å². The summed E-state index contributed by atoms with van der Waals surface area (Å²) in [5.74, 6) is 1.43. The molecule has 0 aliphatic heterocycles. The molecule has 23 heavy (non-hydrogen) atoms. The zero-order valence-corrected chi connectivity index (χ0v) is 14.9. The molecule has 0 fully saturated rings. The molecule has 0 bridgehead atoms. The van der Waals surface area contributed by atoms with Crippen molar-refractivity contribution in [1.29, 1.82) is 0 Å². The van der Waals surface area contributed by atoms with Crippen molar-refractivity contribution in [1.82, 2.24) is 4.98 Å². The molecule has 0 radical (unpaired) electrons. The third-order valence-electron chi connectivity index (χ3n) is 3.50. The van der Waals surface area contributed by atoms with E-state index in [0.29, 0.717) is 5.75 Å². The Morgan fingerprint density at radius 2 is 1.70 bits per heavy atom. The Morgan fingerprint density at radius 3 is 2.26 bits per heavy atom. The lowest BCUT2D eigenvalue weighted by Crippen LogP contribution is -2.27. The van der Waals surface area contributed by atoms with Crippen LogP contribution in [-0.2, 0) is 6.42 Å². The summed E-state index contributed by atoms with van der Waals surface area (Å²) < 4.78 is 10.7. The zero-order chi connectivity index (χ0) is 17.0. The van der Waals surface area contributed by atoms with Crippen LogP contribution in [0.1, 0.15) is 33.4 Å². The third kappa shape index (κ3) is 4.15. The van der Waals surface area contributed by atoms with Gasteiger partial charge in [-0.2, -0.15) is 0 Å². The van der Waals surface area contributed by atoms with Crippen LogP contribution in [0.2, 0.25) is 0 Å². The molecule has 0 spiro atoms. The summed E-state index contributed by atoms with van der Waals surface area (Å²) in [7, 11) is 3.28. The summed E-state index contributed by atoms with van der Waals surface area (Å²) in [5, 5.41) is 3.51. The summed E-state index contributed by atoms with van der Waals surface area (Å²) >= 11 is 0. The Labute approximate surface area is 138 Å². The number of benzene rings is 1. The van der Waals surface area contributed by atoms with Gasteiger partial charge in [-0.05, 0) is 57.5 Å². The molecule has 1 aromatic heterocycles. The number of hydrogen-bond acceptors (Lipinski definition) is 4. The van der Waals surface area contributed by atoms with Crippen molar-refractivity contribution in [2.75, 3.05) is 19.5 Å². The van der Waals surface area contributed by atoms with Gasteiger partial charge in [0.25, 0.3) is 0 Å². The van der Waals surface area contributed by atoms with Gasteiger partial charge in [-0.15, -0.1) is 0 Å². The second-order valence-electron chi connectivity index (χ2n) is 6.49. The van der Waals surface area contributed by atoms with Crippen molar-refractivity contribution in [2.45, 2.75) is 39.7 Å². The van der Waals surface area contributed by atoms with E-state index in [1.165, 1.54) is 0 Å². The van der Waals surface area contributed by atoms with Crippen molar-refractivity contribution < 1.29 is 9.47 Å². The van der Waals surface area contributed by atoms with Gasteiger partial charge in [0.1, 0.15) is 0 Å². The predicted molar refractivity (Wildman–Crippen MR) is 95.5 cm³/mol. The SMILES string of the molecule is CCc1nc(-c2ccc(OC)c(OC)c2)ccc1NC(C)(C)C. The largest absolute Gasteiger partial charge is 0.493 e. The number of aryl methyl sites for hydroxylation is 1. The Morgan fingerprint density at radius 1 is 1.00 bits per heavy atom. The Balaban J connectivity index is 2.41. The molecule has 2 aromatic rings. The minimum Gasteiger partial charge on any atom is -0.493 e. The maximum atomic E-state index is 5.38. The number of anilines is 1. The molecule has 0 atom stereocenters. The van der Waals surface area contributed by atoms with E-state index in [-0.39, 0.29) is 5.54 Å². The van der Waals surface area contributed by atoms with E-state index in [0.717, 1.165) is 34.8 Å². The summed E-state index contributed by atoms with van der Waals surface area (Å²) in [5.41, 5.74) is 4.11. The number of nitrogens with one attached hydrogen (secondary N) is 1. The molecule has 1 heterocycles. The molecule has 1 aromatic carbocycles. The maximum absolute atomic E-state index is 5.38. The molecule has 0 aliphatic carbocycles. The van der Waals surface area contributed by atoms with Crippen molar-refractivity contribution in [3.8, 4) is 22.8 Å². The minimum atomic E-state index is 0.0104. The Bertz CT molecular complexity index is 676. The first-order chi connectivity index (χ1) is 10.9. The normalized spacial score (nSPS) is 11.2. The molecule has 0 amide bonds. The molecule has 2 rings (SSSR count). The molecule has 4 nitrogen and oxygen atoms in total. The predicted octanol–water partition coefficient (Wildman–Crippen LogP) is 4.54. The van der Waals surface area contributed by atoms with Gasteiger partial charge >= 0.3 is 0 Å². The van der Waals surface area contributed by atoms with Gasteiger partial charge in [0.15, 0.2) is 11.5 Å². The molecular formula is C19H26N2O2. The average molecular weight is 314 g/mol. The lowest BCUT2D eigenvalue weighted by atomic mass is 10.1. The van der Waals surface area contributed by atoms with E-state index >= 15 is 0 Å². The highest BCUT2D eigenvalue weighted by molar-refractivity contribution is 5.66. The number of ether oxygens (including phenoxy) is 2. The Hall–Kier alpha value is -2.23. The van der Waals surface area contributed by atoms with E-state index in [1.807, 2.05) is 24.3 Å². The Kier molecular flexibility index (Phi) is 5.14. The lowest BCUT2D eigenvalue weighted by molar-refractivity contribution is 0.355. The summed E-state index contributed by atoms with van der Waals surface area (Å²) in [6, 6.07) is 10.00. The molecule has 124 valence electrons. The van der Waals surface area contributed by atoms with Crippen LogP contribution >= 0.6 is 0 Å². The lowest BCUT2D eigenvalue weighted by Gasteiger charge is -2.24. The standard InChI is InChI=1S/C19H26N2O2/c1-7-14-16(21-19(2,3)4)10-9-15(20-14)13-8-11-17(22-5)18(12-13)23-6/h8-12,21H,7H2,1-6H3. The van der Waals surface area contributed by atoms with Crippen LogP contribution in [0.15, 0.2) is 30.3 Å². The van der Waals surface area contributed by atoms with Crippen molar-refractivity contribution in [3.63, 3.8) is 0 Å². The molecule has 0 saturated carbocycles. The molecule has 0 aliphatic rings. The number of methoxy groups -OCH3 is 2. The van der Waals surface area contributed by atoms with Crippen LogP contribution < -0.4 is 14.8 Å². The second-order valence-corrected chi connectivity index (χ2v) is 6.49. The highest BCUT2D eigenvalue weighted by Gasteiger charge is 2.14. The van der Waals surface area contributed by atoms with E-state index in [1.54, 1.807) is 14.2 Å². The molecule has 0 saturated heterocycles. The topological polar surface area (TPSA) is 43.4 Å². The van der Waals surface area contributed by atoms with Crippen LogP contribution in [0, 0.1) is 0 Å². The summed E-state index contributed by atoms with van der Waals surface area (Å²) in [6.45, 7) is 8.56. The first-order valence-corrected chi connectivity index (χ1v) is 7.88. The average Bonchev–Trinajstić information content (AvgIpc) is 2.53. The van der Waals surface area contributed by atoms with E-state index in [4.69, 9.17) is 14.5 Å². The van der Waals surface area contributed by atoms with Gasteiger partial charge in [0, 0.05) is 11.1 Å². The summed E-state index contributed by atoms with van der Waals surface area (Å²) in [4.78, 5) is 4.82. The highest BCUT2D eigenvalue weighted by Crippen LogP contribution is 2.32. The molecule has 0 unspecified atom stereocenters. The minimum absolute atomic E-state index is 0.0104. The molecule has 4 heteroatoms. The highest BCUT2D eigenvalue weighted by atomic mass is 16.5. The maximum Gasteiger partial charge on any atom is 0.161 e. The summed E-state index contributed by atoms with van der Waals surface area (Å²) in [6.07, 6.45) is 0.875. The van der Waals surface area contributed by atoms with Gasteiger partial charge in [-0.1, -0.05) is 6.92 Å². The van der Waals surface area contributed by atoms with Crippen molar-refractivity contribution in [3.05, 3.63) is 36.0 Å². The smallest absolute Gasteiger partial charge is 0.161 e. The first-order valence-electron chi connectivity index (χ1n) is 7.88. The van der Waals surface area contributed by atoms with E-state index in [2.05, 4.69) is 39.1 Å². The van der Waals surface area contributed by atoms with E-state index < -0.39 is 0 Å². The monoisotopic (exact) mass is 314 g/mol. The zero-order valence-electron chi connectivity index (χ0n) is 14.9. The number of rotatable bonds is 5. The fourth-order valence-corrected chi connectivity index (χ4v) is 2.45. The quantitative estimate of drug-likeness (QED) is 0.880.